The quantitative estimate of drug-likeness (QED) is 0.131. The molecule has 0 radical (unpaired) electrons. The number of esters is 2. The molecule has 1 amide bonds. The van der Waals surface area contributed by atoms with Crippen LogP contribution in [-0.2, 0) is 27.2 Å². The Bertz CT molecular complexity index is 2200. The molecule has 2 aromatic heterocycles. The van der Waals surface area contributed by atoms with Crippen LogP contribution in [0.3, 0.4) is 0 Å². The standard InChI is InChI=1S/C45H50N4O6S/c1-6-53-40(50)24-19-29-17-20-31(21-18-29)54-37-15-10-12-32(28(37)2)33-22-23-39(47-41(33)43(52)55-45(3,4)5)49-26-25-30-11-9-13-34(35(30)27-49)42(51)48-44-46-36-14-7-8-16-38(36)56-44/h7-16,22-23,29,31H,6,17-21,24-27H2,1-5H3,(H,46,48,51)/t29-,31-. The van der Waals surface area contributed by atoms with E-state index in [1.165, 1.54) is 11.3 Å². The lowest BCUT2D eigenvalue weighted by atomic mass is 9.84. The van der Waals surface area contributed by atoms with Crippen LogP contribution < -0.4 is 15.0 Å². The number of aromatic nitrogens is 2. The zero-order chi connectivity index (χ0) is 39.4. The number of benzene rings is 3. The zero-order valence-electron chi connectivity index (χ0n) is 32.9. The number of rotatable bonds is 11. The van der Waals surface area contributed by atoms with Gasteiger partial charge in [0.05, 0.1) is 22.9 Å². The average Bonchev–Trinajstić information content (AvgIpc) is 3.59. The van der Waals surface area contributed by atoms with Crippen LogP contribution in [0.25, 0.3) is 21.3 Å². The van der Waals surface area contributed by atoms with E-state index in [0.29, 0.717) is 60.5 Å². The number of fused-ring (bicyclic) bond motifs is 2. The number of hydrogen-bond donors (Lipinski definition) is 1. The van der Waals surface area contributed by atoms with Crippen molar-refractivity contribution in [3.05, 3.63) is 101 Å². The number of para-hydroxylation sites is 1. The molecule has 1 saturated carbocycles. The van der Waals surface area contributed by atoms with Crippen LogP contribution in [0, 0.1) is 12.8 Å². The molecule has 0 unspecified atom stereocenters. The van der Waals surface area contributed by atoms with Gasteiger partial charge in [0.2, 0.25) is 0 Å². The van der Waals surface area contributed by atoms with E-state index in [4.69, 9.17) is 19.2 Å². The SMILES string of the molecule is CCOC(=O)CC[C@H]1CC[C@H](Oc2cccc(-c3ccc(N4CCc5cccc(C(=O)Nc6nc7ccccc7s6)c5C4)nc3C(=O)OC(C)(C)C)c2C)CC1. The molecule has 1 N–H and O–H groups in total. The van der Waals surface area contributed by atoms with Crippen molar-refractivity contribution in [3.63, 3.8) is 0 Å². The molecule has 3 heterocycles. The fourth-order valence-corrected chi connectivity index (χ4v) is 8.57. The largest absolute Gasteiger partial charge is 0.490 e. The maximum Gasteiger partial charge on any atom is 0.358 e. The van der Waals surface area contributed by atoms with Gasteiger partial charge in [-0.3, -0.25) is 14.9 Å². The Hall–Kier alpha value is -5.29. The highest BCUT2D eigenvalue weighted by Crippen LogP contribution is 2.37. The summed E-state index contributed by atoms with van der Waals surface area (Å²) < 4.78 is 18.7. The molecule has 0 spiro atoms. The number of anilines is 2. The van der Waals surface area contributed by atoms with Crippen molar-refractivity contribution in [3.8, 4) is 16.9 Å². The zero-order valence-corrected chi connectivity index (χ0v) is 33.7. The monoisotopic (exact) mass is 774 g/mol. The highest BCUT2D eigenvalue weighted by Gasteiger charge is 2.29. The number of thiazole rings is 1. The molecule has 3 aromatic carbocycles. The van der Waals surface area contributed by atoms with Crippen LogP contribution in [0.15, 0.2) is 72.8 Å². The Morgan fingerprint density at radius 3 is 2.46 bits per heavy atom. The Morgan fingerprint density at radius 1 is 0.911 bits per heavy atom. The first-order valence-electron chi connectivity index (χ1n) is 19.6. The van der Waals surface area contributed by atoms with Gasteiger partial charge in [0.1, 0.15) is 17.2 Å². The van der Waals surface area contributed by atoms with E-state index in [1.54, 1.807) is 0 Å². The summed E-state index contributed by atoms with van der Waals surface area (Å²) in [5.41, 5.74) is 5.42. The lowest BCUT2D eigenvalue weighted by Gasteiger charge is -2.31. The molecule has 1 aliphatic carbocycles. The Kier molecular flexibility index (Phi) is 11.7. The second-order valence-electron chi connectivity index (χ2n) is 15.7. The highest BCUT2D eigenvalue weighted by molar-refractivity contribution is 7.22. The van der Waals surface area contributed by atoms with Gasteiger partial charge in [-0.2, -0.15) is 0 Å². The third-order valence-electron chi connectivity index (χ3n) is 10.6. The van der Waals surface area contributed by atoms with Crippen LogP contribution in [0.5, 0.6) is 5.75 Å². The third kappa shape index (κ3) is 9.05. The van der Waals surface area contributed by atoms with Crippen LogP contribution in [0.1, 0.15) is 104 Å². The molecule has 7 rings (SSSR count). The van der Waals surface area contributed by atoms with Gasteiger partial charge in [-0.05, 0) is 138 Å². The number of nitrogens with zero attached hydrogens (tertiary/aromatic N) is 3. The van der Waals surface area contributed by atoms with E-state index in [2.05, 4.69) is 21.3 Å². The van der Waals surface area contributed by atoms with Gasteiger partial charge in [0, 0.05) is 30.6 Å². The Morgan fingerprint density at radius 2 is 1.70 bits per heavy atom. The summed E-state index contributed by atoms with van der Waals surface area (Å²) >= 11 is 1.45. The van der Waals surface area contributed by atoms with Crippen molar-refractivity contribution >= 4 is 50.3 Å². The second kappa shape index (κ2) is 16.8. The first-order chi connectivity index (χ1) is 27.0. The van der Waals surface area contributed by atoms with E-state index in [0.717, 1.165) is 70.3 Å². The summed E-state index contributed by atoms with van der Waals surface area (Å²) in [5.74, 6) is 1.07. The summed E-state index contributed by atoms with van der Waals surface area (Å²) in [6.45, 7) is 10.9. The molecule has 10 nitrogen and oxygen atoms in total. The van der Waals surface area contributed by atoms with E-state index >= 15 is 0 Å². The summed E-state index contributed by atoms with van der Waals surface area (Å²) in [4.78, 5) is 51.2. The molecule has 5 aromatic rings. The lowest BCUT2D eigenvalue weighted by Crippen LogP contribution is -2.33. The summed E-state index contributed by atoms with van der Waals surface area (Å²) in [5, 5.41) is 3.58. The Labute approximate surface area is 332 Å². The second-order valence-corrected chi connectivity index (χ2v) is 16.7. The fraction of sp³-hybridized carbons (Fsp3) is 0.400. The minimum absolute atomic E-state index is 0.0729. The normalized spacial score (nSPS) is 16.9. The molecular weight excluding hydrogens is 725 g/mol. The van der Waals surface area contributed by atoms with Gasteiger partial charge in [-0.15, -0.1) is 0 Å². The summed E-state index contributed by atoms with van der Waals surface area (Å²) in [6, 6.07) is 23.5. The van der Waals surface area contributed by atoms with Crippen LogP contribution >= 0.6 is 11.3 Å². The van der Waals surface area contributed by atoms with E-state index in [-0.39, 0.29) is 23.7 Å². The minimum atomic E-state index is -0.725. The number of amides is 1. The number of ether oxygens (including phenoxy) is 3. The number of pyridine rings is 1. The predicted octanol–water partition coefficient (Wildman–Crippen LogP) is 9.72. The first-order valence-corrected chi connectivity index (χ1v) is 20.5. The maximum absolute atomic E-state index is 13.9. The predicted molar refractivity (Wildman–Crippen MR) is 221 cm³/mol. The van der Waals surface area contributed by atoms with Gasteiger partial charge < -0.3 is 19.1 Å². The van der Waals surface area contributed by atoms with Crippen molar-refractivity contribution in [1.29, 1.82) is 0 Å². The molecule has 292 valence electrons. The molecule has 0 atom stereocenters. The molecular formula is C45H50N4O6S. The molecule has 11 heteroatoms. The fourth-order valence-electron chi connectivity index (χ4n) is 7.71. The summed E-state index contributed by atoms with van der Waals surface area (Å²) in [7, 11) is 0. The average molecular weight is 775 g/mol. The molecule has 1 fully saturated rings. The van der Waals surface area contributed by atoms with E-state index in [1.807, 2.05) is 101 Å². The van der Waals surface area contributed by atoms with Crippen molar-refractivity contribution in [2.24, 2.45) is 5.92 Å². The van der Waals surface area contributed by atoms with Gasteiger partial charge in [0.25, 0.3) is 5.91 Å². The molecule has 2 aliphatic rings. The van der Waals surface area contributed by atoms with Crippen LogP contribution in [0.2, 0.25) is 0 Å². The van der Waals surface area contributed by atoms with Crippen molar-refractivity contribution in [1.82, 2.24) is 9.97 Å². The van der Waals surface area contributed by atoms with Gasteiger partial charge in [0.15, 0.2) is 10.8 Å². The van der Waals surface area contributed by atoms with Crippen molar-refractivity contribution in [2.75, 3.05) is 23.4 Å². The molecule has 0 saturated heterocycles. The Balaban J connectivity index is 1.11. The number of hydrogen-bond acceptors (Lipinski definition) is 10. The minimum Gasteiger partial charge on any atom is -0.490 e. The van der Waals surface area contributed by atoms with Gasteiger partial charge in [-0.1, -0.05) is 47.7 Å². The van der Waals surface area contributed by atoms with Crippen molar-refractivity contribution in [2.45, 2.75) is 97.8 Å². The number of nitrogens with one attached hydrogen (secondary N) is 1. The molecule has 0 bridgehead atoms. The molecule has 1 aliphatic heterocycles. The smallest absolute Gasteiger partial charge is 0.358 e. The number of carbonyl (C=O) groups excluding carboxylic acids is 3. The van der Waals surface area contributed by atoms with Crippen LogP contribution in [-0.4, -0.2) is 52.7 Å². The highest BCUT2D eigenvalue weighted by atomic mass is 32.1. The van der Waals surface area contributed by atoms with Crippen LogP contribution in [0.4, 0.5) is 10.9 Å². The van der Waals surface area contributed by atoms with Gasteiger partial charge in [-0.25, -0.2) is 14.8 Å². The van der Waals surface area contributed by atoms with Gasteiger partial charge >= 0.3 is 11.9 Å². The number of carbonyl (C=O) groups is 3. The summed E-state index contributed by atoms with van der Waals surface area (Å²) in [6.07, 6.45) is 5.95. The van der Waals surface area contributed by atoms with E-state index in [9.17, 15) is 14.4 Å². The maximum atomic E-state index is 13.9. The molecule has 56 heavy (non-hydrogen) atoms. The van der Waals surface area contributed by atoms with E-state index < -0.39 is 11.6 Å². The lowest BCUT2D eigenvalue weighted by molar-refractivity contribution is -0.143. The van der Waals surface area contributed by atoms with Crippen molar-refractivity contribution < 1.29 is 28.6 Å². The topological polar surface area (TPSA) is 120 Å². The third-order valence-corrected chi connectivity index (χ3v) is 11.5. The first kappa shape index (κ1) is 39.0.